The van der Waals surface area contributed by atoms with E-state index in [9.17, 15) is 12.8 Å². The Balaban J connectivity index is 2.29. The molecule has 0 aliphatic heterocycles. The maximum atomic E-state index is 13.4. The zero-order valence-corrected chi connectivity index (χ0v) is 11.7. The van der Waals surface area contributed by atoms with Crippen LogP contribution < -0.4 is 5.73 Å². The molecule has 2 N–H and O–H groups in total. The van der Waals surface area contributed by atoms with Crippen LogP contribution in [0.3, 0.4) is 0 Å². The van der Waals surface area contributed by atoms with E-state index in [-0.39, 0.29) is 23.5 Å². The molecule has 0 spiro atoms. The second-order valence-corrected chi connectivity index (χ2v) is 6.34. The number of sulfonamides is 1. The third-order valence-electron chi connectivity index (χ3n) is 2.90. The number of nitrogens with two attached hydrogens (primary N) is 1. The van der Waals surface area contributed by atoms with Gasteiger partial charge in [0.1, 0.15) is 11.6 Å². The van der Waals surface area contributed by atoms with E-state index in [0.29, 0.717) is 5.76 Å². The largest absolute Gasteiger partial charge is 0.468 e. The summed E-state index contributed by atoms with van der Waals surface area (Å²) in [5.74, 6) is 0.0115. The van der Waals surface area contributed by atoms with Crippen molar-refractivity contribution in [1.82, 2.24) is 4.31 Å². The van der Waals surface area contributed by atoms with Gasteiger partial charge in [0.15, 0.2) is 0 Å². The van der Waals surface area contributed by atoms with Crippen molar-refractivity contribution in [3.8, 4) is 0 Å². The topological polar surface area (TPSA) is 76.5 Å². The molecule has 2 rings (SSSR count). The quantitative estimate of drug-likeness (QED) is 0.911. The molecule has 0 saturated carbocycles. The minimum Gasteiger partial charge on any atom is -0.468 e. The van der Waals surface area contributed by atoms with Crippen LogP contribution >= 0.6 is 0 Å². The molecule has 0 fully saturated rings. The summed E-state index contributed by atoms with van der Waals surface area (Å²) in [4.78, 5) is 0.00778. The Hall–Kier alpha value is -1.70. The standard InChI is InChI=1S/C13H15FN2O3S/c1-16(9-11-3-2-6-19-11)20(17,18)12-4-5-13(14)10(7-12)8-15/h2-7H,8-9,15H2,1H3. The average molecular weight is 298 g/mol. The van der Waals surface area contributed by atoms with Crippen molar-refractivity contribution in [2.75, 3.05) is 7.05 Å². The van der Waals surface area contributed by atoms with E-state index in [4.69, 9.17) is 10.2 Å². The number of halogens is 1. The lowest BCUT2D eigenvalue weighted by Crippen LogP contribution is -2.26. The minimum absolute atomic E-state index is 0.00778. The van der Waals surface area contributed by atoms with E-state index in [1.54, 1.807) is 12.1 Å². The number of benzene rings is 1. The number of furan rings is 1. The zero-order chi connectivity index (χ0) is 14.8. The van der Waals surface area contributed by atoms with E-state index in [2.05, 4.69) is 0 Å². The number of hydrogen-bond donors (Lipinski definition) is 1. The Morgan fingerprint density at radius 2 is 2.10 bits per heavy atom. The monoisotopic (exact) mass is 298 g/mol. The zero-order valence-electron chi connectivity index (χ0n) is 10.9. The van der Waals surface area contributed by atoms with E-state index < -0.39 is 15.8 Å². The fourth-order valence-electron chi connectivity index (χ4n) is 1.75. The van der Waals surface area contributed by atoms with Crippen LogP contribution in [0, 0.1) is 5.82 Å². The highest BCUT2D eigenvalue weighted by Gasteiger charge is 2.22. The van der Waals surface area contributed by atoms with Gasteiger partial charge >= 0.3 is 0 Å². The second kappa shape index (κ2) is 5.74. The first-order valence-electron chi connectivity index (χ1n) is 5.92. The molecule has 0 amide bonds. The molecule has 0 atom stereocenters. The molecule has 1 heterocycles. The summed E-state index contributed by atoms with van der Waals surface area (Å²) in [6.07, 6.45) is 1.47. The molecule has 0 saturated heterocycles. The molecule has 0 unspecified atom stereocenters. The van der Waals surface area contributed by atoms with E-state index in [0.717, 1.165) is 10.4 Å². The lowest BCUT2D eigenvalue weighted by Gasteiger charge is -2.16. The van der Waals surface area contributed by atoms with Gasteiger partial charge in [-0.05, 0) is 30.3 Å². The first-order valence-corrected chi connectivity index (χ1v) is 7.36. The third-order valence-corrected chi connectivity index (χ3v) is 4.70. The maximum absolute atomic E-state index is 13.4. The lowest BCUT2D eigenvalue weighted by atomic mass is 10.2. The van der Waals surface area contributed by atoms with Gasteiger partial charge in [0, 0.05) is 19.2 Å². The molecule has 108 valence electrons. The predicted molar refractivity (Wildman–Crippen MR) is 71.7 cm³/mol. The van der Waals surface area contributed by atoms with Gasteiger partial charge in [-0.2, -0.15) is 4.31 Å². The molecule has 0 aliphatic carbocycles. The van der Waals surface area contributed by atoms with E-state index >= 15 is 0 Å². The second-order valence-electron chi connectivity index (χ2n) is 4.30. The fourth-order valence-corrected chi connectivity index (χ4v) is 2.94. The van der Waals surface area contributed by atoms with Gasteiger partial charge in [0.05, 0.1) is 17.7 Å². The van der Waals surface area contributed by atoms with Crippen LogP contribution in [0.1, 0.15) is 11.3 Å². The lowest BCUT2D eigenvalue weighted by molar-refractivity contribution is 0.406. The summed E-state index contributed by atoms with van der Waals surface area (Å²) in [5.41, 5.74) is 5.55. The predicted octanol–water partition coefficient (Wildman–Crippen LogP) is 1.70. The summed E-state index contributed by atoms with van der Waals surface area (Å²) in [5, 5.41) is 0. The third kappa shape index (κ3) is 2.90. The highest BCUT2D eigenvalue weighted by molar-refractivity contribution is 7.89. The van der Waals surface area contributed by atoms with Gasteiger partial charge in [-0.25, -0.2) is 12.8 Å². The van der Waals surface area contributed by atoms with Crippen molar-refractivity contribution < 1.29 is 17.2 Å². The first-order chi connectivity index (χ1) is 9.45. The van der Waals surface area contributed by atoms with Crippen LogP contribution in [0.5, 0.6) is 0 Å². The van der Waals surface area contributed by atoms with Gasteiger partial charge in [0.25, 0.3) is 0 Å². The maximum Gasteiger partial charge on any atom is 0.243 e. The van der Waals surface area contributed by atoms with Crippen LogP contribution in [0.15, 0.2) is 45.9 Å². The summed E-state index contributed by atoms with van der Waals surface area (Å²) in [7, 11) is -2.28. The molecule has 20 heavy (non-hydrogen) atoms. The minimum atomic E-state index is -3.71. The summed E-state index contributed by atoms with van der Waals surface area (Å²) in [6.45, 7) is 0.0434. The summed E-state index contributed by atoms with van der Waals surface area (Å²) < 4.78 is 44.3. The van der Waals surface area contributed by atoms with Gasteiger partial charge in [-0.1, -0.05) is 0 Å². The Morgan fingerprint density at radius 3 is 2.70 bits per heavy atom. The molecule has 0 aliphatic rings. The molecule has 1 aromatic carbocycles. The van der Waals surface area contributed by atoms with Crippen molar-refractivity contribution in [1.29, 1.82) is 0 Å². The average Bonchev–Trinajstić information content (AvgIpc) is 2.91. The van der Waals surface area contributed by atoms with Crippen molar-refractivity contribution >= 4 is 10.0 Å². The first kappa shape index (κ1) is 14.7. The van der Waals surface area contributed by atoms with Gasteiger partial charge in [-0.3, -0.25) is 0 Å². The molecule has 5 nitrogen and oxygen atoms in total. The highest BCUT2D eigenvalue weighted by Crippen LogP contribution is 2.19. The fraction of sp³-hybridized carbons (Fsp3) is 0.231. The smallest absolute Gasteiger partial charge is 0.243 e. The molecule has 0 radical (unpaired) electrons. The van der Waals surface area contributed by atoms with Crippen molar-refractivity contribution in [2.45, 2.75) is 18.0 Å². The van der Waals surface area contributed by atoms with Crippen LogP contribution in [0.25, 0.3) is 0 Å². The Kier molecular flexibility index (Phi) is 4.22. The Labute approximate surface area is 116 Å². The summed E-state index contributed by atoms with van der Waals surface area (Å²) in [6, 6.07) is 6.95. The van der Waals surface area contributed by atoms with Gasteiger partial charge in [0.2, 0.25) is 10.0 Å². The SMILES string of the molecule is CN(Cc1ccco1)S(=O)(=O)c1ccc(F)c(CN)c1. The highest BCUT2D eigenvalue weighted by atomic mass is 32.2. The Bertz CT molecular complexity index is 684. The molecular weight excluding hydrogens is 283 g/mol. The summed E-state index contributed by atoms with van der Waals surface area (Å²) >= 11 is 0. The Morgan fingerprint density at radius 1 is 1.35 bits per heavy atom. The van der Waals surface area contributed by atoms with Crippen LogP contribution in [0.4, 0.5) is 4.39 Å². The number of rotatable bonds is 5. The van der Waals surface area contributed by atoms with E-state index in [1.807, 2.05) is 0 Å². The normalized spacial score (nSPS) is 12.0. The van der Waals surface area contributed by atoms with Crippen molar-refractivity contribution in [2.24, 2.45) is 5.73 Å². The molecule has 7 heteroatoms. The van der Waals surface area contributed by atoms with Crippen LogP contribution in [-0.4, -0.2) is 19.8 Å². The van der Waals surface area contributed by atoms with E-state index in [1.165, 1.54) is 25.4 Å². The van der Waals surface area contributed by atoms with Gasteiger partial charge < -0.3 is 10.2 Å². The molecule has 1 aromatic heterocycles. The van der Waals surface area contributed by atoms with Gasteiger partial charge in [-0.15, -0.1) is 0 Å². The molecule has 0 bridgehead atoms. The van der Waals surface area contributed by atoms with Crippen molar-refractivity contribution in [3.63, 3.8) is 0 Å². The van der Waals surface area contributed by atoms with Crippen LogP contribution in [-0.2, 0) is 23.1 Å². The van der Waals surface area contributed by atoms with Crippen molar-refractivity contribution in [3.05, 3.63) is 53.7 Å². The molecular formula is C13H15FN2O3S. The molecule has 2 aromatic rings. The van der Waals surface area contributed by atoms with Crippen LogP contribution in [0.2, 0.25) is 0 Å². The number of hydrogen-bond acceptors (Lipinski definition) is 4. The number of nitrogens with zero attached hydrogens (tertiary/aromatic N) is 1.